The van der Waals surface area contributed by atoms with E-state index in [9.17, 15) is 4.79 Å². The number of carbonyl (C=O) groups excluding carboxylic acids is 1. The van der Waals surface area contributed by atoms with Crippen molar-refractivity contribution in [1.29, 1.82) is 0 Å². The molecule has 0 spiro atoms. The second-order valence-corrected chi connectivity index (χ2v) is 8.29. The zero-order chi connectivity index (χ0) is 18.2. The molecular weight excluding hydrogens is 358 g/mol. The number of para-hydroxylation sites is 1. The summed E-state index contributed by atoms with van der Waals surface area (Å²) in [6, 6.07) is 10.8. The highest BCUT2D eigenvalue weighted by Gasteiger charge is 2.38. The molecule has 3 unspecified atom stereocenters. The molecule has 0 radical (unpaired) electrons. The van der Waals surface area contributed by atoms with Crippen LogP contribution in [0.3, 0.4) is 0 Å². The van der Waals surface area contributed by atoms with Crippen molar-refractivity contribution in [3.8, 4) is 0 Å². The Hall–Kier alpha value is -2.22. The van der Waals surface area contributed by atoms with Gasteiger partial charge in [-0.05, 0) is 36.8 Å². The minimum atomic E-state index is -0.169. The number of fused-ring (bicyclic) bond motifs is 1. The fourth-order valence-electron chi connectivity index (χ4n) is 4.33. The molecule has 1 aromatic carbocycles. The van der Waals surface area contributed by atoms with E-state index < -0.39 is 0 Å². The largest absolute Gasteiger partial charge is 0.346 e. The average molecular weight is 382 g/mol. The topological polar surface area (TPSA) is 62.2 Å². The van der Waals surface area contributed by atoms with Gasteiger partial charge in [0, 0.05) is 42.4 Å². The van der Waals surface area contributed by atoms with Gasteiger partial charge in [0.15, 0.2) is 0 Å². The van der Waals surface area contributed by atoms with Crippen LogP contribution in [0.2, 0.25) is 0 Å². The molecule has 2 saturated heterocycles. The van der Waals surface area contributed by atoms with Gasteiger partial charge in [-0.25, -0.2) is 10.4 Å². The van der Waals surface area contributed by atoms with Crippen molar-refractivity contribution < 1.29 is 4.79 Å². The Labute approximate surface area is 162 Å². The minimum Gasteiger partial charge on any atom is -0.346 e. The number of amides is 1. The standard InChI is InChI=1S/C20H23N5OS/c26-20(25-9-3-6-18(25)19-21-8-11-27-19)16-12-15(22-23-16)13-24-10-7-14-4-1-2-5-17(14)24/h1-2,4-5,7-8,10-11,15-16,18,22-23H,3,6,9,12-13H2. The summed E-state index contributed by atoms with van der Waals surface area (Å²) in [5.41, 5.74) is 7.80. The van der Waals surface area contributed by atoms with E-state index in [-0.39, 0.29) is 24.0 Å². The van der Waals surface area contributed by atoms with Gasteiger partial charge in [0.25, 0.3) is 0 Å². The van der Waals surface area contributed by atoms with Gasteiger partial charge in [-0.15, -0.1) is 11.3 Å². The third-order valence-corrected chi connectivity index (χ3v) is 6.53. The molecule has 0 aliphatic carbocycles. The highest BCUT2D eigenvalue weighted by Crippen LogP contribution is 2.34. The number of thiazole rings is 1. The van der Waals surface area contributed by atoms with E-state index in [4.69, 9.17) is 0 Å². The number of likely N-dealkylation sites (tertiary alicyclic amines) is 1. The molecule has 2 aliphatic rings. The van der Waals surface area contributed by atoms with E-state index in [1.807, 2.05) is 16.5 Å². The summed E-state index contributed by atoms with van der Waals surface area (Å²) in [7, 11) is 0. The van der Waals surface area contributed by atoms with Crippen LogP contribution in [-0.4, -0.2) is 39.0 Å². The summed E-state index contributed by atoms with van der Waals surface area (Å²) in [6.45, 7) is 1.67. The van der Waals surface area contributed by atoms with Crippen LogP contribution in [0.4, 0.5) is 0 Å². The second kappa shape index (κ2) is 7.07. The van der Waals surface area contributed by atoms with E-state index in [1.165, 1.54) is 10.9 Å². The first-order valence-corrected chi connectivity index (χ1v) is 10.4. The molecule has 5 rings (SSSR count). The lowest BCUT2D eigenvalue weighted by Gasteiger charge is -2.25. The molecule has 0 saturated carbocycles. The lowest BCUT2D eigenvalue weighted by atomic mass is 10.1. The molecule has 6 nitrogen and oxygen atoms in total. The van der Waals surface area contributed by atoms with Crippen molar-refractivity contribution in [2.45, 2.75) is 43.9 Å². The summed E-state index contributed by atoms with van der Waals surface area (Å²) < 4.78 is 2.26. The molecule has 27 heavy (non-hydrogen) atoms. The second-order valence-electron chi connectivity index (χ2n) is 7.36. The highest BCUT2D eigenvalue weighted by molar-refractivity contribution is 7.09. The Kier molecular flexibility index (Phi) is 4.43. The third kappa shape index (κ3) is 3.16. The van der Waals surface area contributed by atoms with E-state index >= 15 is 0 Å². The summed E-state index contributed by atoms with van der Waals surface area (Å²) in [4.78, 5) is 19.6. The molecule has 2 N–H and O–H groups in total. The summed E-state index contributed by atoms with van der Waals surface area (Å²) in [5.74, 6) is 0.195. The van der Waals surface area contributed by atoms with Gasteiger partial charge in [0.2, 0.25) is 5.91 Å². The molecule has 2 aliphatic heterocycles. The predicted molar refractivity (Wildman–Crippen MR) is 106 cm³/mol. The number of carbonyl (C=O) groups is 1. The summed E-state index contributed by atoms with van der Waals surface area (Å²) >= 11 is 1.64. The Morgan fingerprint density at radius 3 is 3.07 bits per heavy atom. The molecular formula is C20H23N5OS. The van der Waals surface area contributed by atoms with Crippen LogP contribution in [0.15, 0.2) is 48.1 Å². The molecule has 140 valence electrons. The Balaban J connectivity index is 1.26. The zero-order valence-corrected chi connectivity index (χ0v) is 15.9. The number of rotatable bonds is 4. The number of hydrogen-bond donors (Lipinski definition) is 2. The normalized spacial score (nSPS) is 25.5. The average Bonchev–Trinajstić information content (AvgIpc) is 3.47. The first-order valence-electron chi connectivity index (χ1n) is 9.54. The van der Waals surface area contributed by atoms with Crippen LogP contribution in [0.5, 0.6) is 0 Å². The number of aromatic nitrogens is 2. The van der Waals surface area contributed by atoms with Crippen molar-refractivity contribution in [1.82, 2.24) is 25.3 Å². The van der Waals surface area contributed by atoms with Crippen LogP contribution in [0, 0.1) is 0 Å². The first kappa shape index (κ1) is 16.9. The Bertz CT molecular complexity index is 937. The maximum Gasteiger partial charge on any atom is 0.241 e. The van der Waals surface area contributed by atoms with E-state index in [0.717, 1.165) is 37.4 Å². The van der Waals surface area contributed by atoms with Gasteiger partial charge in [-0.1, -0.05) is 18.2 Å². The molecule has 3 aromatic rings. The summed E-state index contributed by atoms with van der Waals surface area (Å²) in [6.07, 6.45) is 6.81. The van der Waals surface area contributed by atoms with Gasteiger partial charge >= 0.3 is 0 Å². The van der Waals surface area contributed by atoms with Crippen LogP contribution in [-0.2, 0) is 11.3 Å². The van der Waals surface area contributed by atoms with E-state index in [0.29, 0.717) is 0 Å². The first-order chi connectivity index (χ1) is 13.3. The van der Waals surface area contributed by atoms with E-state index in [2.05, 4.69) is 56.9 Å². The van der Waals surface area contributed by atoms with Crippen molar-refractivity contribution in [3.05, 3.63) is 53.1 Å². The number of hydrazine groups is 1. The van der Waals surface area contributed by atoms with Crippen LogP contribution < -0.4 is 10.9 Å². The zero-order valence-electron chi connectivity index (χ0n) is 15.0. The van der Waals surface area contributed by atoms with Crippen LogP contribution in [0.1, 0.15) is 30.3 Å². The number of nitrogens with one attached hydrogen (secondary N) is 2. The van der Waals surface area contributed by atoms with Crippen molar-refractivity contribution >= 4 is 28.1 Å². The number of benzene rings is 1. The molecule has 2 fully saturated rings. The maximum absolute atomic E-state index is 13.1. The van der Waals surface area contributed by atoms with Crippen LogP contribution >= 0.6 is 11.3 Å². The quantitative estimate of drug-likeness (QED) is 0.729. The van der Waals surface area contributed by atoms with Crippen LogP contribution in [0.25, 0.3) is 10.9 Å². The fourth-order valence-corrected chi connectivity index (χ4v) is 5.11. The molecule has 3 atom stereocenters. The fraction of sp³-hybridized carbons (Fsp3) is 0.400. The van der Waals surface area contributed by atoms with E-state index in [1.54, 1.807) is 11.3 Å². The lowest BCUT2D eigenvalue weighted by Crippen LogP contribution is -2.45. The highest BCUT2D eigenvalue weighted by atomic mass is 32.1. The SMILES string of the molecule is O=C(C1CC(Cn2ccc3ccccc32)NN1)N1CCCC1c1nccs1. The molecule has 2 aromatic heterocycles. The molecule has 4 heterocycles. The Morgan fingerprint density at radius 2 is 2.19 bits per heavy atom. The molecule has 0 bridgehead atoms. The number of nitrogens with zero attached hydrogens (tertiary/aromatic N) is 3. The lowest BCUT2D eigenvalue weighted by molar-refractivity contribution is -0.134. The maximum atomic E-state index is 13.1. The van der Waals surface area contributed by atoms with Crippen molar-refractivity contribution in [2.75, 3.05) is 6.54 Å². The van der Waals surface area contributed by atoms with Crippen molar-refractivity contribution in [2.24, 2.45) is 0 Å². The third-order valence-electron chi connectivity index (χ3n) is 5.65. The number of hydrogen-bond acceptors (Lipinski definition) is 5. The van der Waals surface area contributed by atoms with Gasteiger partial charge in [0.1, 0.15) is 11.0 Å². The Morgan fingerprint density at radius 1 is 1.26 bits per heavy atom. The minimum absolute atomic E-state index is 0.145. The van der Waals surface area contributed by atoms with Crippen molar-refractivity contribution in [3.63, 3.8) is 0 Å². The molecule has 7 heteroatoms. The van der Waals surface area contributed by atoms with Gasteiger partial charge in [-0.3, -0.25) is 10.2 Å². The molecule has 1 amide bonds. The predicted octanol–water partition coefficient (Wildman–Crippen LogP) is 2.70. The monoisotopic (exact) mass is 381 g/mol. The van der Waals surface area contributed by atoms with Gasteiger partial charge in [0.05, 0.1) is 6.04 Å². The van der Waals surface area contributed by atoms with Gasteiger partial charge < -0.3 is 9.47 Å². The summed E-state index contributed by atoms with van der Waals surface area (Å²) in [5, 5.41) is 4.30. The smallest absolute Gasteiger partial charge is 0.241 e. The van der Waals surface area contributed by atoms with Gasteiger partial charge in [-0.2, -0.15) is 0 Å².